The maximum absolute atomic E-state index is 14.0. The van der Waals surface area contributed by atoms with Crippen molar-refractivity contribution in [3.63, 3.8) is 0 Å². The lowest BCUT2D eigenvalue weighted by atomic mass is 9.87. The molecule has 2 aromatic carbocycles. The summed E-state index contributed by atoms with van der Waals surface area (Å²) in [7, 11) is 0. The molecule has 0 spiro atoms. The Morgan fingerprint density at radius 1 is 1.05 bits per heavy atom. The number of halogens is 2. The fourth-order valence-corrected chi connectivity index (χ4v) is 2.24. The molecule has 0 aliphatic heterocycles. The quantitative estimate of drug-likeness (QED) is 0.874. The highest BCUT2D eigenvalue weighted by molar-refractivity contribution is 5.48. The van der Waals surface area contributed by atoms with Gasteiger partial charge in [-0.25, -0.2) is 8.78 Å². The molecule has 0 radical (unpaired) electrons. The van der Waals surface area contributed by atoms with Crippen LogP contribution in [0.1, 0.15) is 18.9 Å². The highest BCUT2D eigenvalue weighted by Gasteiger charge is 2.32. The summed E-state index contributed by atoms with van der Waals surface area (Å²) >= 11 is 0. The summed E-state index contributed by atoms with van der Waals surface area (Å²) in [6.07, 6.45) is 0.488. The third-order valence-corrected chi connectivity index (χ3v) is 3.49. The second-order valence-electron chi connectivity index (χ2n) is 4.71. The molecule has 0 aliphatic rings. The summed E-state index contributed by atoms with van der Waals surface area (Å²) in [6.45, 7) is 1.60. The van der Waals surface area contributed by atoms with Gasteiger partial charge in [0.05, 0.1) is 12.1 Å². The van der Waals surface area contributed by atoms with Gasteiger partial charge in [-0.3, -0.25) is 0 Å². The summed E-state index contributed by atoms with van der Waals surface area (Å²) in [5.74, 6) is -0.717. The van der Waals surface area contributed by atoms with E-state index >= 15 is 0 Å². The molecule has 0 saturated carbocycles. The molecule has 0 aromatic heterocycles. The summed E-state index contributed by atoms with van der Waals surface area (Å²) in [5, 5.41) is 12.9. The number of rotatable bonds is 5. The normalized spacial score (nSPS) is 13.8. The first-order valence-electron chi connectivity index (χ1n) is 6.51. The van der Waals surface area contributed by atoms with E-state index in [1.807, 2.05) is 6.92 Å². The Bertz CT molecular complexity index is 565. The lowest BCUT2D eigenvalue weighted by Gasteiger charge is -2.34. The third kappa shape index (κ3) is 2.80. The van der Waals surface area contributed by atoms with Gasteiger partial charge in [0.15, 0.2) is 0 Å². The zero-order chi connectivity index (χ0) is 14.6. The van der Waals surface area contributed by atoms with Gasteiger partial charge < -0.3 is 10.4 Å². The highest BCUT2D eigenvalue weighted by Crippen LogP contribution is 2.31. The average Bonchev–Trinajstić information content (AvgIpc) is 2.48. The van der Waals surface area contributed by atoms with E-state index in [0.717, 1.165) is 0 Å². The minimum Gasteiger partial charge on any atom is -0.394 e. The topological polar surface area (TPSA) is 32.3 Å². The van der Waals surface area contributed by atoms with Crippen LogP contribution in [-0.2, 0) is 5.54 Å². The molecule has 0 saturated heterocycles. The van der Waals surface area contributed by atoms with Crippen molar-refractivity contribution in [3.05, 3.63) is 65.7 Å². The molecule has 4 heteroatoms. The predicted molar refractivity (Wildman–Crippen MR) is 75.5 cm³/mol. The van der Waals surface area contributed by atoms with Crippen LogP contribution in [0.5, 0.6) is 0 Å². The second kappa shape index (κ2) is 6.01. The Morgan fingerprint density at radius 2 is 1.70 bits per heavy atom. The van der Waals surface area contributed by atoms with Crippen LogP contribution in [-0.4, -0.2) is 11.7 Å². The third-order valence-electron chi connectivity index (χ3n) is 3.49. The van der Waals surface area contributed by atoms with Gasteiger partial charge in [0.25, 0.3) is 0 Å². The van der Waals surface area contributed by atoms with Crippen LogP contribution in [0.15, 0.2) is 48.5 Å². The van der Waals surface area contributed by atoms with E-state index in [-0.39, 0.29) is 18.2 Å². The van der Waals surface area contributed by atoms with Gasteiger partial charge in [-0.1, -0.05) is 25.1 Å². The highest BCUT2D eigenvalue weighted by atomic mass is 19.1. The average molecular weight is 277 g/mol. The number of nitrogens with one attached hydrogen (secondary N) is 1. The molecule has 0 aliphatic carbocycles. The zero-order valence-electron chi connectivity index (χ0n) is 11.2. The standard InChI is InChI=1S/C16H17F2NO/c1-2-16(11-20,14-5-3-4-6-15(14)18)19-13-9-7-12(17)8-10-13/h3-10,19-20H,2,11H2,1H3. The molecule has 0 fully saturated rings. The van der Waals surface area contributed by atoms with Gasteiger partial charge in [0.1, 0.15) is 11.6 Å². The molecular weight excluding hydrogens is 260 g/mol. The Labute approximate surface area is 117 Å². The van der Waals surface area contributed by atoms with Crippen molar-refractivity contribution >= 4 is 5.69 Å². The predicted octanol–water partition coefficient (Wildman–Crippen LogP) is 3.67. The van der Waals surface area contributed by atoms with Crippen LogP contribution in [0.2, 0.25) is 0 Å². The number of aliphatic hydroxyl groups excluding tert-OH is 1. The fraction of sp³-hybridized carbons (Fsp3) is 0.250. The monoisotopic (exact) mass is 277 g/mol. The van der Waals surface area contributed by atoms with Crippen LogP contribution >= 0.6 is 0 Å². The summed E-state index contributed by atoms with van der Waals surface area (Å²) in [5.41, 5.74) is 0.100. The molecule has 1 unspecified atom stereocenters. The molecule has 2 rings (SSSR count). The smallest absolute Gasteiger partial charge is 0.128 e. The van der Waals surface area contributed by atoms with Crippen molar-refractivity contribution in [3.8, 4) is 0 Å². The molecule has 2 nitrogen and oxygen atoms in total. The minimum atomic E-state index is -0.927. The van der Waals surface area contributed by atoms with E-state index in [4.69, 9.17) is 0 Å². The van der Waals surface area contributed by atoms with Crippen molar-refractivity contribution in [2.75, 3.05) is 11.9 Å². The van der Waals surface area contributed by atoms with Gasteiger partial charge in [-0.15, -0.1) is 0 Å². The first kappa shape index (κ1) is 14.5. The number of hydrogen-bond acceptors (Lipinski definition) is 2. The number of aliphatic hydroxyl groups is 1. The molecule has 1 atom stereocenters. The maximum Gasteiger partial charge on any atom is 0.128 e. The van der Waals surface area contributed by atoms with Crippen LogP contribution in [0.3, 0.4) is 0 Å². The number of hydrogen-bond donors (Lipinski definition) is 2. The minimum absolute atomic E-state index is 0.262. The lowest BCUT2D eigenvalue weighted by molar-refractivity contribution is 0.204. The van der Waals surface area contributed by atoms with Gasteiger partial charge >= 0.3 is 0 Å². The molecule has 0 bridgehead atoms. The summed E-state index contributed by atoms with van der Waals surface area (Å²) in [6, 6.07) is 12.1. The van der Waals surface area contributed by atoms with Crippen molar-refractivity contribution in [1.82, 2.24) is 0 Å². The molecule has 20 heavy (non-hydrogen) atoms. The maximum atomic E-state index is 14.0. The first-order chi connectivity index (χ1) is 9.61. The zero-order valence-corrected chi connectivity index (χ0v) is 11.2. The Kier molecular flexibility index (Phi) is 4.35. The van der Waals surface area contributed by atoms with Crippen LogP contribution in [0, 0.1) is 11.6 Å². The lowest BCUT2D eigenvalue weighted by Crippen LogP contribution is -2.39. The Balaban J connectivity index is 2.39. The van der Waals surface area contributed by atoms with Crippen molar-refractivity contribution in [2.45, 2.75) is 18.9 Å². The largest absolute Gasteiger partial charge is 0.394 e. The second-order valence-corrected chi connectivity index (χ2v) is 4.71. The Morgan fingerprint density at radius 3 is 2.25 bits per heavy atom. The van der Waals surface area contributed by atoms with E-state index in [2.05, 4.69) is 5.32 Å². The first-order valence-corrected chi connectivity index (χ1v) is 6.51. The van der Waals surface area contributed by atoms with E-state index < -0.39 is 5.54 Å². The summed E-state index contributed by atoms with van der Waals surface area (Å²) < 4.78 is 26.9. The number of anilines is 1. The summed E-state index contributed by atoms with van der Waals surface area (Å²) in [4.78, 5) is 0. The van der Waals surface area contributed by atoms with Crippen molar-refractivity contribution in [2.24, 2.45) is 0 Å². The fourth-order valence-electron chi connectivity index (χ4n) is 2.24. The van der Waals surface area contributed by atoms with Gasteiger partial charge in [0, 0.05) is 11.3 Å². The van der Waals surface area contributed by atoms with Crippen LogP contribution in [0.4, 0.5) is 14.5 Å². The number of benzene rings is 2. The van der Waals surface area contributed by atoms with E-state index in [1.54, 1.807) is 30.3 Å². The van der Waals surface area contributed by atoms with Crippen LogP contribution < -0.4 is 5.32 Å². The van der Waals surface area contributed by atoms with Gasteiger partial charge in [0.2, 0.25) is 0 Å². The molecule has 0 amide bonds. The van der Waals surface area contributed by atoms with Gasteiger partial charge in [-0.2, -0.15) is 0 Å². The molecular formula is C16H17F2NO. The molecule has 0 heterocycles. The Hall–Kier alpha value is -1.94. The van der Waals surface area contributed by atoms with Crippen LogP contribution in [0.25, 0.3) is 0 Å². The van der Waals surface area contributed by atoms with E-state index in [9.17, 15) is 13.9 Å². The van der Waals surface area contributed by atoms with Crippen molar-refractivity contribution < 1.29 is 13.9 Å². The molecule has 2 N–H and O–H groups in total. The molecule has 106 valence electrons. The molecule has 2 aromatic rings. The SMILES string of the molecule is CCC(CO)(Nc1ccc(F)cc1)c1ccccc1F. The van der Waals surface area contributed by atoms with E-state index in [0.29, 0.717) is 17.7 Å². The van der Waals surface area contributed by atoms with Crippen molar-refractivity contribution in [1.29, 1.82) is 0 Å². The van der Waals surface area contributed by atoms with E-state index in [1.165, 1.54) is 18.2 Å². The van der Waals surface area contributed by atoms with Gasteiger partial charge in [-0.05, 0) is 36.8 Å².